The third-order valence-corrected chi connectivity index (χ3v) is 3.58. The molecule has 2 aromatic rings. The van der Waals surface area contributed by atoms with Gasteiger partial charge in [-0.3, -0.25) is 0 Å². The Labute approximate surface area is 122 Å². The third-order valence-electron chi connectivity index (χ3n) is 2.45. The predicted molar refractivity (Wildman–Crippen MR) is 77.9 cm³/mol. The van der Waals surface area contributed by atoms with Crippen LogP contribution < -0.4 is 5.32 Å². The van der Waals surface area contributed by atoms with Gasteiger partial charge in [-0.15, -0.1) is 0 Å². The lowest BCUT2D eigenvalue weighted by Gasteiger charge is -2.10. The molecule has 0 aliphatic carbocycles. The summed E-state index contributed by atoms with van der Waals surface area (Å²) in [5, 5.41) is 3.62. The van der Waals surface area contributed by atoms with E-state index in [4.69, 9.17) is 11.6 Å². The van der Waals surface area contributed by atoms with Crippen LogP contribution in [0.3, 0.4) is 0 Å². The molecule has 94 valence electrons. The Morgan fingerprint density at radius 2 is 1.78 bits per heavy atom. The Morgan fingerprint density at radius 1 is 1.11 bits per heavy atom. The van der Waals surface area contributed by atoms with Crippen LogP contribution >= 0.6 is 34.2 Å². The van der Waals surface area contributed by atoms with Crippen LogP contribution in [-0.2, 0) is 6.54 Å². The SMILES string of the molecule is Fc1cccc(F)c1CNc1ccc(Cl)cc1I. The highest BCUT2D eigenvalue weighted by Crippen LogP contribution is 2.23. The second kappa shape index (κ2) is 5.84. The number of benzene rings is 2. The molecule has 0 aromatic heterocycles. The maximum atomic E-state index is 13.4. The lowest BCUT2D eigenvalue weighted by Crippen LogP contribution is -2.05. The normalized spacial score (nSPS) is 10.4. The molecule has 0 radical (unpaired) electrons. The number of nitrogens with one attached hydrogen (secondary N) is 1. The maximum absolute atomic E-state index is 13.4. The summed E-state index contributed by atoms with van der Waals surface area (Å²) in [6.07, 6.45) is 0. The molecule has 0 saturated heterocycles. The van der Waals surface area contributed by atoms with Crippen LogP contribution in [0.2, 0.25) is 5.02 Å². The standard InChI is InChI=1S/C13H9ClF2IN/c14-8-4-5-13(12(17)6-8)18-7-9-10(15)2-1-3-11(9)16/h1-6,18H,7H2. The summed E-state index contributed by atoms with van der Waals surface area (Å²) in [4.78, 5) is 0. The average Bonchev–Trinajstić information content (AvgIpc) is 2.31. The van der Waals surface area contributed by atoms with Gasteiger partial charge in [-0.1, -0.05) is 17.7 Å². The first kappa shape index (κ1) is 13.5. The Morgan fingerprint density at radius 3 is 2.39 bits per heavy atom. The van der Waals surface area contributed by atoms with E-state index in [0.29, 0.717) is 5.02 Å². The van der Waals surface area contributed by atoms with Gasteiger partial charge in [-0.25, -0.2) is 8.78 Å². The Kier molecular flexibility index (Phi) is 4.40. The molecule has 0 atom stereocenters. The summed E-state index contributed by atoms with van der Waals surface area (Å²) in [6, 6.07) is 9.12. The molecule has 0 unspecified atom stereocenters. The van der Waals surface area contributed by atoms with E-state index in [0.717, 1.165) is 9.26 Å². The van der Waals surface area contributed by atoms with Crippen molar-refractivity contribution < 1.29 is 8.78 Å². The van der Waals surface area contributed by atoms with Crippen molar-refractivity contribution in [2.45, 2.75) is 6.54 Å². The second-order valence-corrected chi connectivity index (χ2v) is 5.28. The number of hydrogen-bond acceptors (Lipinski definition) is 1. The van der Waals surface area contributed by atoms with Gasteiger partial charge in [-0.05, 0) is 52.9 Å². The molecule has 2 rings (SSSR count). The van der Waals surface area contributed by atoms with Gasteiger partial charge in [0.2, 0.25) is 0 Å². The molecule has 0 saturated carbocycles. The monoisotopic (exact) mass is 379 g/mol. The minimum absolute atomic E-state index is 0.0308. The molecule has 5 heteroatoms. The molecular weight excluding hydrogens is 371 g/mol. The fraction of sp³-hybridized carbons (Fsp3) is 0.0769. The smallest absolute Gasteiger partial charge is 0.131 e. The van der Waals surface area contributed by atoms with Gasteiger partial charge in [0.15, 0.2) is 0 Å². The highest BCUT2D eigenvalue weighted by atomic mass is 127. The number of hydrogen-bond donors (Lipinski definition) is 1. The van der Waals surface area contributed by atoms with Crippen molar-refractivity contribution in [3.8, 4) is 0 Å². The second-order valence-electron chi connectivity index (χ2n) is 3.68. The highest BCUT2D eigenvalue weighted by molar-refractivity contribution is 14.1. The summed E-state index contributed by atoms with van der Waals surface area (Å²) in [7, 11) is 0. The molecule has 1 nitrogen and oxygen atoms in total. The van der Waals surface area contributed by atoms with Crippen molar-refractivity contribution in [1.29, 1.82) is 0 Å². The molecule has 2 aromatic carbocycles. The van der Waals surface area contributed by atoms with E-state index in [2.05, 4.69) is 27.9 Å². The highest BCUT2D eigenvalue weighted by Gasteiger charge is 2.08. The molecule has 0 fully saturated rings. The third kappa shape index (κ3) is 3.11. The number of anilines is 1. The molecule has 0 aliphatic rings. The van der Waals surface area contributed by atoms with E-state index in [1.807, 2.05) is 0 Å². The zero-order valence-corrected chi connectivity index (χ0v) is 12.1. The molecule has 0 aliphatic heterocycles. The van der Waals surface area contributed by atoms with Crippen LogP contribution in [0.25, 0.3) is 0 Å². The number of rotatable bonds is 3. The lowest BCUT2D eigenvalue weighted by molar-refractivity contribution is 0.560. The molecule has 0 spiro atoms. The first-order chi connectivity index (χ1) is 8.58. The molecule has 0 heterocycles. The van der Waals surface area contributed by atoms with Crippen molar-refractivity contribution in [3.05, 3.63) is 62.2 Å². The van der Waals surface area contributed by atoms with E-state index in [9.17, 15) is 8.78 Å². The lowest BCUT2D eigenvalue weighted by atomic mass is 10.2. The number of halogens is 4. The first-order valence-corrected chi connectivity index (χ1v) is 6.65. The van der Waals surface area contributed by atoms with Crippen molar-refractivity contribution in [1.82, 2.24) is 0 Å². The summed E-state index contributed by atoms with van der Waals surface area (Å²) in [6.45, 7) is 0.0934. The molecule has 0 bridgehead atoms. The van der Waals surface area contributed by atoms with Crippen LogP contribution in [-0.4, -0.2) is 0 Å². The maximum Gasteiger partial charge on any atom is 0.131 e. The van der Waals surface area contributed by atoms with Crippen LogP contribution in [0.1, 0.15) is 5.56 Å². The fourth-order valence-electron chi connectivity index (χ4n) is 1.52. The van der Waals surface area contributed by atoms with Crippen LogP contribution in [0.5, 0.6) is 0 Å². The van der Waals surface area contributed by atoms with Crippen LogP contribution in [0.15, 0.2) is 36.4 Å². The van der Waals surface area contributed by atoms with Gasteiger partial charge in [0.1, 0.15) is 11.6 Å². The van der Waals surface area contributed by atoms with Gasteiger partial charge in [0.25, 0.3) is 0 Å². The topological polar surface area (TPSA) is 12.0 Å². The zero-order valence-electron chi connectivity index (χ0n) is 9.18. The fourth-order valence-corrected chi connectivity index (χ4v) is 2.58. The zero-order chi connectivity index (χ0) is 13.1. The van der Waals surface area contributed by atoms with Gasteiger partial charge in [0, 0.05) is 26.4 Å². The molecule has 18 heavy (non-hydrogen) atoms. The molecule has 0 amide bonds. The van der Waals surface area contributed by atoms with Crippen molar-refractivity contribution in [2.24, 2.45) is 0 Å². The van der Waals surface area contributed by atoms with Crippen molar-refractivity contribution in [2.75, 3.05) is 5.32 Å². The first-order valence-electron chi connectivity index (χ1n) is 5.20. The van der Waals surface area contributed by atoms with Gasteiger partial charge in [-0.2, -0.15) is 0 Å². The van der Waals surface area contributed by atoms with Crippen LogP contribution in [0.4, 0.5) is 14.5 Å². The summed E-state index contributed by atoms with van der Waals surface area (Å²) >= 11 is 7.94. The van der Waals surface area contributed by atoms with E-state index >= 15 is 0 Å². The van der Waals surface area contributed by atoms with Gasteiger partial charge >= 0.3 is 0 Å². The van der Waals surface area contributed by atoms with Gasteiger partial charge in [0.05, 0.1) is 0 Å². The minimum atomic E-state index is -0.550. The van der Waals surface area contributed by atoms with E-state index in [1.54, 1.807) is 18.2 Å². The van der Waals surface area contributed by atoms with Crippen LogP contribution in [0, 0.1) is 15.2 Å². The van der Waals surface area contributed by atoms with Crippen molar-refractivity contribution in [3.63, 3.8) is 0 Å². The molecular formula is C13H9ClF2IN. The minimum Gasteiger partial charge on any atom is -0.380 e. The summed E-state index contributed by atoms with van der Waals surface area (Å²) < 4.78 is 27.7. The Bertz CT molecular complexity index is 555. The average molecular weight is 380 g/mol. The summed E-state index contributed by atoms with van der Waals surface area (Å²) in [5.41, 5.74) is 0.825. The van der Waals surface area contributed by atoms with Gasteiger partial charge < -0.3 is 5.32 Å². The molecule has 1 N–H and O–H groups in total. The van der Waals surface area contributed by atoms with E-state index < -0.39 is 11.6 Å². The summed E-state index contributed by atoms with van der Waals surface area (Å²) in [5.74, 6) is -1.10. The Balaban J connectivity index is 2.16. The van der Waals surface area contributed by atoms with E-state index in [-0.39, 0.29) is 12.1 Å². The quantitative estimate of drug-likeness (QED) is 0.753. The van der Waals surface area contributed by atoms with E-state index in [1.165, 1.54) is 18.2 Å². The Hall–Kier alpha value is -0.880. The van der Waals surface area contributed by atoms with Crippen molar-refractivity contribution >= 4 is 39.9 Å². The largest absolute Gasteiger partial charge is 0.380 e. The predicted octanol–water partition coefficient (Wildman–Crippen LogP) is 4.83.